The Morgan fingerprint density at radius 1 is 1.39 bits per heavy atom. The highest BCUT2D eigenvalue weighted by Crippen LogP contribution is 2.21. The molecular weight excluding hydrogens is 316 g/mol. The van der Waals surface area contributed by atoms with Gasteiger partial charge in [0.1, 0.15) is 0 Å². The van der Waals surface area contributed by atoms with Crippen LogP contribution in [0.25, 0.3) is 0 Å². The molecule has 8 heteroatoms. The van der Waals surface area contributed by atoms with Gasteiger partial charge in [-0.1, -0.05) is 6.07 Å². The molecule has 1 unspecified atom stereocenters. The number of fused-ring (bicyclic) bond motifs is 1. The maximum absolute atomic E-state index is 12.4. The lowest BCUT2D eigenvalue weighted by Gasteiger charge is -2.27. The maximum atomic E-state index is 12.4. The number of hydrogen-bond acceptors (Lipinski definition) is 4. The molecule has 0 radical (unpaired) electrons. The second kappa shape index (κ2) is 5.93. The van der Waals surface area contributed by atoms with Crippen LogP contribution in [-0.4, -0.2) is 28.6 Å². The minimum atomic E-state index is -3.62. The van der Waals surface area contributed by atoms with Gasteiger partial charge in [0.15, 0.2) is 5.03 Å². The molecule has 3 rings (SSSR count). The monoisotopic (exact) mass is 336 g/mol. The summed E-state index contributed by atoms with van der Waals surface area (Å²) in [5, 5.41) is 0.0318. The Morgan fingerprint density at radius 3 is 2.83 bits per heavy atom. The molecule has 23 heavy (non-hydrogen) atoms. The average Bonchev–Trinajstić information content (AvgIpc) is 2.94. The number of aromatic nitrogens is 3. The third kappa shape index (κ3) is 3.09. The van der Waals surface area contributed by atoms with Gasteiger partial charge in [-0.25, -0.2) is 18.1 Å². The number of hydrogen-bond donors (Lipinski definition) is 1. The van der Waals surface area contributed by atoms with Crippen LogP contribution in [0, 0.1) is 0 Å². The Morgan fingerprint density at radius 2 is 2.17 bits per heavy atom. The van der Waals surface area contributed by atoms with Crippen molar-refractivity contribution in [2.45, 2.75) is 43.8 Å². The quantitative estimate of drug-likeness (QED) is 0.878. The van der Waals surface area contributed by atoms with Crippen LogP contribution in [0.15, 0.2) is 34.5 Å². The topological polar surface area (TPSA) is 86.0 Å². The lowest BCUT2D eigenvalue weighted by Crippen LogP contribution is -2.40. The zero-order chi connectivity index (χ0) is 16.6. The van der Waals surface area contributed by atoms with Crippen molar-refractivity contribution in [3.05, 3.63) is 46.3 Å². The minimum Gasteiger partial charge on any atom is -0.339 e. The van der Waals surface area contributed by atoms with Gasteiger partial charge in [0.25, 0.3) is 15.6 Å². The summed E-state index contributed by atoms with van der Waals surface area (Å²) in [6, 6.07) is 3.18. The van der Waals surface area contributed by atoms with E-state index in [1.165, 1.54) is 12.5 Å². The highest BCUT2D eigenvalue weighted by molar-refractivity contribution is 7.89. The predicted octanol–water partition coefficient (Wildman–Crippen LogP) is 0.437. The largest absolute Gasteiger partial charge is 0.339 e. The molecular formula is C15H20N4O3S. The summed E-state index contributed by atoms with van der Waals surface area (Å²) in [6.45, 7) is 2.57. The van der Waals surface area contributed by atoms with Gasteiger partial charge in [0, 0.05) is 37.6 Å². The van der Waals surface area contributed by atoms with Gasteiger partial charge in [-0.2, -0.15) is 0 Å². The number of aryl methyl sites for hydroxylation is 1. The molecule has 2 aromatic rings. The predicted molar refractivity (Wildman–Crippen MR) is 85.7 cm³/mol. The molecule has 0 saturated heterocycles. The summed E-state index contributed by atoms with van der Waals surface area (Å²) < 4.78 is 30.8. The van der Waals surface area contributed by atoms with E-state index in [1.54, 1.807) is 22.2 Å². The normalized spacial score (nSPS) is 17.9. The summed E-state index contributed by atoms with van der Waals surface area (Å²) in [5.74, 6) is 0. The SMILES string of the molecule is CCn1c2c(ccc1=O)CC(NS(=O)(=O)c1cn(C)cn1)CC2. The molecule has 124 valence electrons. The summed E-state index contributed by atoms with van der Waals surface area (Å²) >= 11 is 0. The Labute approximate surface area is 135 Å². The molecule has 0 aliphatic heterocycles. The molecule has 0 bridgehead atoms. The summed E-state index contributed by atoms with van der Waals surface area (Å²) in [5.41, 5.74) is 2.05. The van der Waals surface area contributed by atoms with E-state index in [1.807, 2.05) is 13.0 Å². The number of pyridine rings is 1. The smallest absolute Gasteiger partial charge is 0.259 e. The number of imidazole rings is 1. The van der Waals surface area contributed by atoms with Crippen molar-refractivity contribution in [3.63, 3.8) is 0 Å². The number of rotatable bonds is 4. The first kappa shape index (κ1) is 15.9. The minimum absolute atomic E-state index is 0.00114. The van der Waals surface area contributed by atoms with Crippen LogP contribution >= 0.6 is 0 Å². The molecule has 0 aromatic carbocycles. The van der Waals surface area contributed by atoms with Gasteiger partial charge in [-0.05, 0) is 31.7 Å². The first-order valence-electron chi connectivity index (χ1n) is 7.62. The summed E-state index contributed by atoms with van der Waals surface area (Å²) in [4.78, 5) is 15.8. The molecule has 0 fully saturated rings. The Bertz CT molecular complexity index is 882. The van der Waals surface area contributed by atoms with Crippen molar-refractivity contribution in [2.24, 2.45) is 7.05 Å². The molecule has 2 aromatic heterocycles. The zero-order valence-electron chi connectivity index (χ0n) is 13.2. The highest BCUT2D eigenvalue weighted by Gasteiger charge is 2.26. The van der Waals surface area contributed by atoms with Gasteiger partial charge in [-0.3, -0.25) is 4.79 Å². The van der Waals surface area contributed by atoms with E-state index in [9.17, 15) is 13.2 Å². The van der Waals surface area contributed by atoms with E-state index < -0.39 is 10.0 Å². The van der Waals surface area contributed by atoms with E-state index in [0.717, 1.165) is 11.3 Å². The van der Waals surface area contributed by atoms with E-state index in [4.69, 9.17) is 0 Å². The molecule has 0 amide bonds. The first-order valence-corrected chi connectivity index (χ1v) is 9.11. The van der Waals surface area contributed by atoms with Gasteiger partial charge in [0.2, 0.25) is 0 Å². The number of nitrogens with one attached hydrogen (secondary N) is 1. The van der Waals surface area contributed by atoms with Crippen LogP contribution in [0.3, 0.4) is 0 Å². The van der Waals surface area contributed by atoms with Gasteiger partial charge in [-0.15, -0.1) is 0 Å². The number of nitrogens with zero attached hydrogens (tertiary/aromatic N) is 3. The van der Waals surface area contributed by atoms with Crippen molar-refractivity contribution in [1.82, 2.24) is 18.8 Å². The van der Waals surface area contributed by atoms with E-state index in [0.29, 0.717) is 25.8 Å². The molecule has 7 nitrogen and oxygen atoms in total. The molecule has 1 N–H and O–H groups in total. The first-order chi connectivity index (χ1) is 10.9. The van der Waals surface area contributed by atoms with Gasteiger partial charge < -0.3 is 9.13 Å². The fourth-order valence-corrected chi connectivity index (χ4v) is 4.33. The second-order valence-electron chi connectivity index (χ2n) is 5.83. The fourth-order valence-electron chi connectivity index (χ4n) is 3.08. The van der Waals surface area contributed by atoms with Gasteiger partial charge >= 0.3 is 0 Å². The van der Waals surface area contributed by atoms with Crippen LogP contribution in [0.1, 0.15) is 24.6 Å². The van der Waals surface area contributed by atoms with E-state index in [-0.39, 0.29) is 16.6 Å². The van der Waals surface area contributed by atoms with Crippen LogP contribution < -0.4 is 10.3 Å². The van der Waals surface area contributed by atoms with Crippen LogP contribution in [-0.2, 0) is 36.5 Å². The maximum Gasteiger partial charge on any atom is 0.259 e. The molecule has 1 atom stereocenters. The van der Waals surface area contributed by atoms with Crippen molar-refractivity contribution >= 4 is 10.0 Å². The highest BCUT2D eigenvalue weighted by atomic mass is 32.2. The summed E-state index contributed by atoms with van der Waals surface area (Å²) in [6.07, 6.45) is 4.89. The average molecular weight is 336 g/mol. The third-order valence-electron chi connectivity index (χ3n) is 4.18. The standard InChI is InChI=1S/C15H20N4O3S/c1-3-19-13-6-5-12(8-11(13)4-7-15(19)20)17-23(21,22)14-9-18(2)10-16-14/h4,7,9-10,12,17H,3,5-6,8H2,1-2H3. The van der Waals surface area contributed by atoms with Crippen molar-refractivity contribution in [2.75, 3.05) is 0 Å². The molecule has 1 aliphatic carbocycles. The van der Waals surface area contributed by atoms with Crippen molar-refractivity contribution < 1.29 is 8.42 Å². The second-order valence-corrected chi connectivity index (χ2v) is 7.49. The lowest BCUT2D eigenvalue weighted by atomic mass is 9.92. The Hall–Kier alpha value is -1.93. The van der Waals surface area contributed by atoms with Gasteiger partial charge in [0.05, 0.1) is 6.33 Å². The van der Waals surface area contributed by atoms with Crippen LogP contribution in [0.2, 0.25) is 0 Å². The van der Waals surface area contributed by atoms with E-state index in [2.05, 4.69) is 9.71 Å². The Balaban J connectivity index is 1.82. The van der Waals surface area contributed by atoms with Crippen LogP contribution in [0.4, 0.5) is 0 Å². The van der Waals surface area contributed by atoms with Crippen molar-refractivity contribution in [1.29, 1.82) is 0 Å². The van der Waals surface area contributed by atoms with Crippen molar-refractivity contribution in [3.8, 4) is 0 Å². The molecule has 2 heterocycles. The number of sulfonamides is 1. The molecule has 0 saturated carbocycles. The molecule has 0 spiro atoms. The Kier molecular flexibility index (Phi) is 4.11. The lowest BCUT2D eigenvalue weighted by molar-refractivity contribution is 0.486. The molecule has 1 aliphatic rings. The summed E-state index contributed by atoms with van der Waals surface area (Å²) in [7, 11) is -1.89. The third-order valence-corrected chi connectivity index (χ3v) is 5.59. The van der Waals surface area contributed by atoms with E-state index >= 15 is 0 Å². The zero-order valence-corrected chi connectivity index (χ0v) is 14.0. The fraction of sp³-hybridized carbons (Fsp3) is 0.467. The van der Waals surface area contributed by atoms with Crippen LogP contribution in [0.5, 0.6) is 0 Å².